The van der Waals surface area contributed by atoms with Gasteiger partial charge in [0.25, 0.3) is 10.0 Å². The molecule has 1 aromatic carbocycles. The lowest BCUT2D eigenvalue weighted by atomic mass is 10.2. The Bertz CT molecular complexity index is 879. The van der Waals surface area contributed by atoms with Crippen molar-refractivity contribution in [1.29, 1.82) is 0 Å². The molecule has 0 amide bonds. The van der Waals surface area contributed by atoms with Gasteiger partial charge in [-0.15, -0.1) is 11.3 Å². The van der Waals surface area contributed by atoms with E-state index in [4.69, 9.17) is 16.3 Å². The number of sulfonamides is 1. The van der Waals surface area contributed by atoms with Crippen LogP contribution in [0.3, 0.4) is 0 Å². The molecule has 1 aromatic heterocycles. The number of benzene rings is 1. The standard InChI is InChI=1S/C15H14ClNO6S2/c1-17(22-2)25(20,21)14-8-10(5-6-11(14)16)15(19)23-9-12(18)13-4-3-7-24-13/h3-8H,9H2,1-2H3. The third-order valence-electron chi connectivity index (χ3n) is 3.17. The van der Waals surface area contributed by atoms with Crippen molar-refractivity contribution in [3.63, 3.8) is 0 Å². The molecule has 0 radical (unpaired) electrons. The number of hydroxylamine groups is 1. The normalized spacial score (nSPS) is 11.5. The Morgan fingerprint density at radius 1 is 1.28 bits per heavy atom. The lowest BCUT2D eigenvalue weighted by Crippen LogP contribution is -2.26. The van der Waals surface area contributed by atoms with E-state index < -0.39 is 22.6 Å². The molecular formula is C15H14ClNO6S2. The molecule has 2 aromatic rings. The molecule has 0 aliphatic carbocycles. The number of esters is 1. The molecule has 7 nitrogen and oxygen atoms in total. The maximum Gasteiger partial charge on any atom is 0.338 e. The van der Waals surface area contributed by atoms with Gasteiger partial charge in [0.2, 0.25) is 5.78 Å². The fourth-order valence-corrected chi connectivity index (χ4v) is 3.91. The van der Waals surface area contributed by atoms with E-state index in [2.05, 4.69) is 4.84 Å². The van der Waals surface area contributed by atoms with Gasteiger partial charge < -0.3 is 4.74 Å². The minimum Gasteiger partial charge on any atom is -0.454 e. The van der Waals surface area contributed by atoms with E-state index in [0.29, 0.717) is 9.35 Å². The molecule has 134 valence electrons. The minimum atomic E-state index is -4.04. The number of hydrogen-bond acceptors (Lipinski definition) is 7. The quantitative estimate of drug-likeness (QED) is 0.401. The zero-order valence-corrected chi connectivity index (χ0v) is 15.7. The van der Waals surface area contributed by atoms with Crippen LogP contribution in [0.25, 0.3) is 0 Å². The van der Waals surface area contributed by atoms with E-state index in [-0.39, 0.29) is 21.3 Å². The zero-order valence-electron chi connectivity index (χ0n) is 13.3. The maximum absolute atomic E-state index is 12.3. The van der Waals surface area contributed by atoms with Crippen molar-refractivity contribution >= 4 is 44.7 Å². The summed E-state index contributed by atoms with van der Waals surface area (Å²) < 4.78 is 30.1. The van der Waals surface area contributed by atoms with Crippen molar-refractivity contribution in [2.24, 2.45) is 0 Å². The fraction of sp³-hybridized carbons (Fsp3) is 0.200. The highest BCUT2D eigenvalue weighted by molar-refractivity contribution is 7.89. The molecule has 0 saturated carbocycles. The Balaban J connectivity index is 2.18. The Morgan fingerprint density at radius 3 is 2.60 bits per heavy atom. The fourth-order valence-electron chi connectivity index (χ4n) is 1.79. The largest absolute Gasteiger partial charge is 0.454 e. The SMILES string of the molecule is CON(C)S(=O)(=O)c1cc(C(=O)OCC(=O)c2cccs2)ccc1Cl. The number of Topliss-reactive ketones (excluding diaryl/α,β-unsaturated/α-hetero) is 1. The first-order valence-corrected chi connectivity index (χ1v) is 9.53. The summed E-state index contributed by atoms with van der Waals surface area (Å²) in [6, 6.07) is 6.98. The van der Waals surface area contributed by atoms with Gasteiger partial charge in [-0.05, 0) is 29.6 Å². The Labute approximate surface area is 153 Å². The van der Waals surface area contributed by atoms with Gasteiger partial charge in [-0.25, -0.2) is 13.2 Å². The van der Waals surface area contributed by atoms with E-state index in [0.717, 1.165) is 6.07 Å². The predicted molar refractivity (Wildman–Crippen MR) is 92.3 cm³/mol. The number of ketones is 1. The van der Waals surface area contributed by atoms with Crippen LogP contribution in [0.5, 0.6) is 0 Å². The van der Waals surface area contributed by atoms with Crippen LogP contribution in [-0.2, 0) is 19.6 Å². The molecule has 0 aliphatic rings. The van der Waals surface area contributed by atoms with Crippen LogP contribution in [-0.4, -0.2) is 45.4 Å². The molecule has 10 heteroatoms. The summed E-state index contributed by atoms with van der Waals surface area (Å²) >= 11 is 7.15. The van der Waals surface area contributed by atoms with Gasteiger partial charge in [-0.2, -0.15) is 0 Å². The zero-order chi connectivity index (χ0) is 18.6. The van der Waals surface area contributed by atoms with Gasteiger partial charge in [0.05, 0.1) is 22.6 Å². The second-order valence-corrected chi connectivity index (χ2v) is 7.98. The monoisotopic (exact) mass is 403 g/mol. The van der Waals surface area contributed by atoms with Crippen LogP contribution in [0.4, 0.5) is 0 Å². The average molecular weight is 404 g/mol. The molecule has 0 saturated heterocycles. The summed E-state index contributed by atoms with van der Waals surface area (Å²) in [4.78, 5) is 28.8. The second kappa shape index (κ2) is 8.07. The maximum atomic E-state index is 12.3. The van der Waals surface area contributed by atoms with Gasteiger partial charge in [-0.1, -0.05) is 22.1 Å². The summed E-state index contributed by atoms with van der Waals surface area (Å²) in [5.41, 5.74) is -0.0496. The number of rotatable bonds is 7. The molecule has 2 rings (SSSR count). The van der Waals surface area contributed by atoms with Crippen molar-refractivity contribution in [3.05, 3.63) is 51.2 Å². The molecule has 0 N–H and O–H groups in total. The van der Waals surface area contributed by atoms with Gasteiger partial charge in [0.15, 0.2) is 6.61 Å². The van der Waals surface area contributed by atoms with Crippen molar-refractivity contribution in [3.8, 4) is 0 Å². The average Bonchev–Trinajstić information content (AvgIpc) is 3.13. The number of nitrogens with zero attached hydrogens (tertiary/aromatic N) is 1. The molecule has 0 unspecified atom stereocenters. The lowest BCUT2D eigenvalue weighted by Gasteiger charge is -2.15. The van der Waals surface area contributed by atoms with Crippen molar-refractivity contribution in [2.45, 2.75) is 4.90 Å². The van der Waals surface area contributed by atoms with Crippen LogP contribution in [0.15, 0.2) is 40.6 Å². The van der Waals surface area contributed by atoms with Gasteiger partial charge in [0.1, 0.15) is 4.90 Å². The van der Waals surface area contributed by atoms with Gasteiger partial charge >= 0.3 is 5.97 Å². The summed E-state index contributed by atoms with van der Waals surface area (Å²) in [6.45, 7) is -0.442. The third-order valence-corrected chi connectivity index (χ3v) is 6.24. The third kappa shape index (κ3) is 4.44. The van der Waals surface area contributed by atoms with Crippen molar-refractivity contribution < 1.29 is 27.6 Å². The first-order valence-electron chi connectivity index (χ1n) is 6.83. The second-order valence-electron chi connectivity index (χ2n) is 4.72. The smallest absolute Gasteiger partial charge is 0.338 e. The van der Waals surface area contributed by atoms with Crippen LogP contribution in [0, 0.1) is 0 Å². The Kier molecular flexibility index (Phi) is 6.31. The molecular weight excluding hydrogens is 390 g/mol. The highest BCUT2D eigenvalue weighted by Gasteiger charge is 2.25. The van der Waals surface area contributed by atoms with E-state index in [1.807, 2.05) is 0 Å². The summed E-state index contributed by atoms with van der Waals surface area (Å²) in [5, 5.41) is 1.66. The molecule has 25 heavy (non-hydrogen) atoms. The molecule has 0 aliphatic heterocycles. The van der Waals surface area contributed by atoms with E-state index in [1.54, 1.807) is 17.5 Å². The number of thiophene rings is 1. The Morgan fingerprint density at radius 2 is 2.00 bits per heavy atom. The number of carbonyl (C=O) groups is 2. The highest BCUT2D eigenvalue weighted by atomic mass is 35.5. The number of ether oxygens (including phenoxy) is 1. The number of hydrogen-bond donors (Lipinski definition) is 0. The van der Waals surface area contributed by atoms with Crippen molar-refractivity contribution in [1.82, 2.24) is 4.47 Å². The summed E-state index contributed by atoms with van der Waals surface area (Å²) in [7, 11) is -1.67. The van der Waals surface area contributed by atoms with Crippen LogP contribution in [0.2, 0.25) is 5.02 Å². The number of halogens is 1. The molecule has 0 spiro atoms. The van der Waals surface area contributed by atoms with Crippen LogP contribution in [0.1, 0.15) is 20.0 Å². The first-order chi connectivity index (χ1) is 11.8. The molecule has 1 heterocycles. The molecule has 0 atom stereocenters. The molecule has 0 fully saturated rings. The van der Waals surface area contributed by atoms with Crippen LogP contribution < -0.4 is 0 Å². The molecule has 0 bridgehead atoms. The minimum absolute atomic E-state index is 0.0496. The highest BCUT2D eigenvalue weighted by Crippen LogP contribution is 2.25. The first kappa shape index (κ1) is 19.5. The predicted octanol–water partition coefficient (Wildman–Crippen LogP) is 2.62. The van der Waals surface area contributed by atoms with Crippen molar-refractivity contribution in [2.75, 3.05) is 20.8 Å². The van der Waals surface area contributed by atoms with E-state index >= 15 is 0 Å². The Hall–Kier alpha value is -1.78. The summed E-state index contributed by atoms with van der Waals surface area (Å²) in [5.74, 6) is -1.18. The van der Waals surface area contributed by atoms with E-state index in [9.17, 15) is 18.0 Å². The van der Waals surface area contributed by atoms with Gasteiger partial charge in [-0.3, -0.25) is 9.63 Å². The van der Waals surface area contributed by atoms with E-state index in [1.165, 1.54) is 37.6 Å². The summed E-state index contributed by atoms with van der Waals surface area (Å²) in [6.07, 6.45) is 0. The van der Waals surface area contributed by atoms with Gasteiger partial charge in [0, 0.05) is 7.05 Å². The topological polar surface area (TPSA) is 90.0 Å². The number of carbonyl (C=O) groups excluding carboxylic acids is 2. The lowest BCUT2D eigenvalue weighted by molar-refractivity contribution is -0.0258. The van der Waals surface area contributed by atoms with Crippen LogP contribution >= 0.6 is 22.9 Å².